The molecule has 1 N–H and O–H groups in total. The van der Waals surface area contributed by atoms with Crippen LogP contribution in [0.25, 0.3) is 5.69 Å². The maximum Gasteiger partial charge on any atom is 0.416 e. The van der Waals surface area contributed by atoms with E-state index in [0.29, 0.717) is 18.3 Å². The number of rotatable bonds is 5. The Labute approximate surface area is 120 Å². The summed E-state index contributed by atoms with van der Waals surface area (Å²) in [6, 6.07) is 4.93. The first kappa shape index (κ1) is 15.4. The molecule has 5 nitrogen and oxygen atoms in total. The zero-order valence-electron chi connectivity index (χ0n) is 11.7. The van der Waals surface area contributed by atoms with E-state index in [-0.39, 0.29) is 5.69 Å². The van der Waals surface area contributed by atoms with Crippen molar-refractivity contribution in [3.05, 3.63) is 35.7 Å². The van der Waals surface area contributed by atoms with E-state index in [1.54, 1.807) is 0 Å². The van der Waals surface area contributed by atoms with Gasteiger partial charge in [-0.15, -0.1) is 5.10 Å². The molecular weight excluding hydrogens is 283 g/mol. The van der Waals surface area contributed by atoms with Crippen LogP contribution in [0.15, 0.2) is 24.3 Å². The smallest absolute Gasteiger partial charge is 0.310 e. The topological polar surface area (TPSA) is 55.6 Å². The average molecular weight is 299 g/mol. The number of tetrazole rings is 1. The molecule has 0 fully saturated rings. The molecule has 0 saturated carbocycles. The Kier molecular flexibility index (Phi) is 4.56. The van der Waals surface area contributed by atoms with Crippen molar-refractivity contribution in [1.82, 2.24) is 25.5 Å². The van der Waals surface area contributed by atoms with E-state index in [9.17, 15) is 13.2 Å². The van der Waals surface area contributed by atoms with E-state index < -0.39 is 11.7 Å². The zero-order chi connectivity index (χ0) is 15.5. The molecule has 8 heteroatoms. The third-order valence-corrected chi connectivity index (χ3v) is 2.79. The monoisotopic (exact) mass is 299 g/mol. The lowest BCUT2D eigenvalue weighted by atomic mass is 10.2. The molecular formula is C13H16F3N5. The van der Waals surface area contributed by atoms with Gasteiger partial charge in [-0.1, -0.05) is 19.9 Å². The lowest BCUT2D eigenvalue weighted by molar-refractivity contribution is -0.137. The van der Waals surface area contributed by atoms with Crippen LogP contribution in [0.4, 0.5) is 13.2 Å². The van der Waals surface area contributed by atoms with Crippen molar-refractivity contribution < 1.29 is 13.2 Å². The predicted octanol–water partition coefficient (Wildman–Crippen LogP) is 2.43. The largest absolute Gasteiger partial charge is 0.416 e. The van der Waals surface area contributed by atoms with Gasteiger partial charge in [0.15, 0.2) is 5.82 Å². The van der Waals surface area contributed by atoms with Gasteiger partial charge in [-0.25, -0.2) is 0 Å². The van der Waals surface area contributed by atoms with Gasteiger partial charge in [0.1, 0.15) is 0 Å². The van der Waals surface area contributed by atoms with Gasteiger partial charge >= 0.3 is 6.18 Å². The first-order chi connectivity index (χ1) is 9.88. The summed E-state index contributed by atoms with van der Waals surface area (Å²) in [7, 11) is 0. The Morgan fingerprint density at radius 2 is 2.05 bits per heavy atom. The van der Waals surface area contributed by atoms with Gasteiger partial charge in [0.2, 0.25) is 0 Å². The first-order valence-electron chi connectivity index (χ1n) is 6.53. The summed E-state index contributed by atoms with van der Waals surface area (Å²) in [4.78, 5) is 0. The highest BCUT2D eigenvalue weighted by Crippen LogP contribution is 2.30. The summed E-state index contributed by atoms with van der Waals surface area (Å²) >= 11 is 0. The van der Waals surface area contributed by atoms with Crippen LogP contribution in [0.3, 0.4) is 0 Å². The maximum absolute atomic E-state index is 12.7. The molecule has 0 atom stereocenters. The molecule has 0 bridgehead atoms. The van der Waals surface area contributed by atoms with E-state index in [2.05, 4.69) is 34.7 Å². The second-order valence-corrected chi connectivity index (χ2v) is 5.08. The minimum Gasteiger partial charge on any atom is -0.310 e. The molecule has 1 aromatic carbocycles. The van der Waals surface area contributed by atoms with Gasteiger partial charge in [0.25, 0.3) is 0 Å². The number of nitrogens with one attached hydrogen (secondary N) is 1. The Hall–Kier alpha value is -1.96. The van der Waals surface area contributed by atoms with Crippen LogP contribution in [0.5, 0.6) is 0 Å². The number of nitrogens with zero attached hydrogens (tertiary/aromatic N) is 4. The summed E-state index contributed by atoms with van der Waals surface area (Å²) in [5.41, 5.74) is -0.437. The molecule has 0 aliphatic heterocycles. The Balaban J connectivity index is 2.21. The zero-order valence-corrected chi connectivity index (χ0v) is 11.7. The molecule has 0 aliphatic carbocycles. The highest BCUT2D eigenvalue weighted by molar-refractivity contribution is 5.36. The van der Waals surface area contributed by atoms with Crippen LogP contribution < -0.4 is 5.32 Å². The molecule has 0 spiro atoms. The van der Waals surface area contributed by atoms with Crippen molar-refractivity contribution in [2.24, 2.45) is 5.92 Å². The molecule has 0 aliphatic rings. The Morgan fingerprint density at radius 3 is 2.71 bits per heavy atom. The lowest BCUT2D eigenvalue weighted by Crippen LogP contribution is -2.21. The van der Waals surface area contributed by atoms with Gasteiger partial charge in [0, 0.05) is 0 Å². The van der Waals surface area contributed by atoms with Gasteiger partial charge in [-0.2, -0.15) is 17.9 Å². The molecule has 21 heavy (non-hydrogen) atoms. The standard InChI is InChI=1S/C13H16F3N5/c1-9(2)7-17-8-12-18-19-20-21(12)11-5-3-4-10(6-11)13(14,15)16/h3-6,9,17H,7-8H2,1-2H3. The first-order valence-corrected chi connectivity index (χ1v) is 6.53. The molecule has 2 rings (SSSR count). The number of hydrogen-bond acceptors (Lipinski definition) is 4. The van der Waals surface area contributed by atoms with Crippen LogP contribution in [-0.4, -0.2) is 26.8 Å². The quantitative estimate of drug-likeness (QED) is 0.921. The maximum atomic E-state index is 12.7. The normalized spacial score (nSPS) is 12.1. The number of halogens is 3. The third kappa shape index (κ3) is 4.01. The van der Waals surface area contributed by atoms with Crippen LogP contribution >= 0.6 is 0 Å². The summed E-state index contributed by atoms with van der Waals surface area (Å²) in [6.45, 7) is 5.28. The molecule has 114 valence electrons. The van der Waals surface area contributed by atoms with Crippen molar-refractivity contribution in [3.8, 4) is 5.69 Å². The second-order valence-electron chi connectivity index (χ2n) is 5.08. The van der Waals surface area contributed by atoms with E-state index in [0.717, 1.165) is 18.7 Å². The van der Waals surface area contributed by atoms with Crippen LogP contribution in [0.1, 0.15) is 25.2 Å². The van der Waals surface area contributed by atoms with Crippen molar-refractivity contribution in [2.45, 2.75) is 26.6 Å². The summed E-state index contributed by atoms with van der Waals surface area (Å²) < 4.78 is 39.5. The van der Waals surface area contributed by atoms with Crippen molar-refractivity contribution in [1.29, 1.82) is 0 Å². The SMILES string of the molecule is CC(C)CNCc1nnnn1-c1cccc(C(F)(F)F)c1. The van der Waals surface area contributed by atoms with Crippen LogP contribution in [0, 0.1) is 5.92 Å². The van der Waals surface area contributed by atoms with Crippen molar-refractivity contribution in [3.63, 3.8) is 0 Å². The van der Waals surface area contributed by atoms with Crippen molar-refractivity contribution >= 4 is 0 Å². The molecule has 0 unspecified atom stereocenters. The lowest BCUT2D eigenvalue weighted by Gasteiger charge is -2.10. The fourth-order valence-corrected chi connectivity index (χ4v) is 1.80. The van der Waals surface area contributed by atoms with E-state index >= 15 is 0 Å². The van der Waals surface area contributed by atoms with E-state index in [1.165, 1.54) is 16.8 Å². The number of aromatic nitrogens is 4. The molecule has 0 saturated heterocycles. The third-order valence-electron chi connectivity index (χ3n) is 2.79. The fraction of sp³-hybridized carbons (Fsp3) is 0.462. The Bertz CT molecular complexity index is 591. The van der Waals surface area contributed by atoms with Gasteiger partial charge in [-0.3, -0.25) is 0 Å². The molecule has 1 aromatic heterocycles. The van der Waals surface area contributed by atoms with Crippen molar-refractivity contribution in [2.75, 3.05) is 6.54 Å². The van der Waals surface area contributed by atoms with E-state index in [4.69, 9.17) is 0 Å². The summed E-state index contributed by atoms with van der Waals surface area (Å²) in [6.07, 6.45) is -4.39. The fourth-order valence-electron chi connectivity index (χ4n) is 1.80. The van der Waals surface area contributed by atoms with Gasteiger partial charge in [-0.05, 0) is 41.1 Å². The molecule has 1 heterocycles. The molecule has 0 radical (unpaired) electrons. The number of alkyl halides is 3. The Morgan fingerprint density at radius 1 is 1.29 bits per heavy atom. The van der Waals surface area contributed by atoms with Crippen LogP contribution in [0.2, 0.25) is 0 Å². The molecule has 2 aromatic rings. The van der Waals surface area contributed by atoms with E-state index in [1.807, 2.05) is 0 Å². The highest BCUT2D eigenvalue weighted by atomic mass is 19.4. The second kappa shape index (κ2) is 6.21. The molecule has 0 amide bonds. The minimum absolute atomic E-state index is 0.288. The van der Waals surface area contributed by atoms with Gasteiger partial charge in [0.05, 0.1) is 17.8 Å². The van der Waals surface area contributed by atoms with Crippen LogP contribution in [-0.2, 0) is 12.7 Å². The predicted molar refractivity (Wildman–Crippen MR) is 70.7 cm³/mol. The highest BCUT2D eigenvalue weighted by Gasteiger charge is 2.30. The summed E-state index contributed by atoms with van der Waals surface area (Å²) in [5.74, 6) is 0.929. The summed E-state index contributed by atoms with van der Waals surface area (Å²) in [5, 5.41) is 14.3. The number of hydrogen-bond donors (Lipinski definition) is 1. The average Bonchev–Trinajstić information content (AvgIpc) is 2.86. The van der Waals surface area contributed by atoms with Gasteiger partial charge < -0.3 is 5.32 Å². The minimum atomic E-state index is -4.39. The number of benzene rings is 1.